The maximum Gasteiger partial charge on any atom is 0.282 e. The number of rotatable bonds is 4. The summed E-state index contributed by atoms with van der Waals surface area (Å²) in [7, 11) is 0. The molecule has 7 nitrogen and oxygen atoms in total. The average Bonchev–Trinajstić information content (AvgIpc) is 2.86. The first-order chi connectivity index (χ1) is 9.88. The molecule has 2 N–H and O–H groups in total. The van der Waals surface area contributed by atoms with E-state index in [1.54, 1.807) is 6.07 Å². The molecule has 1 aromatic carbocycles. The zero-order chi connectivity index (χ0) is 15.6. The Kier molecular flexibility index (Phi) is 4.23. The number of hydrogen-bond acceptors (Lipinski definition) is 4. The van der Waals surface area contributed by atoms with E-state index in [4.69, 9.17) is 11.6 Å². The highest BCUT2D eigenvalue weighted by molar-refractivity contribution is 6.31. The molecule has 2 rings (SSSR count). The lowest BCUT2D eigenvalue weighted by atomic mass is 10.1. The number of anilines is 1. The Hall–Kier alpha value is -2.41. The number of hydrogen-bond donors (Lipinski definition) is 2. The number of nitrogens with zero attached hydrogens (tertiary/aromatic N) is 2. The van der Waals surface area contributed by atoms with Gasteiger partial charge >= 0.3 is 0 Å². The summed E-state index contributed by atoms with van der Waals surface area (Å²) in [6.45, 7) is 3.95. The molecule has 0 radical (unpaired) electrons. The standard InChI is InChI=1S/C13H13ClN4O3/c1-7(2)10-6-12(17-16-10)15-13(19)9-5-8(14)3-4-11(9)18(20)21/h3-7H,1-2H3,(H2,15,16,17,19). The van der Waals surface area contributed by atoms with Crippen LogP contribution < -0.4 is 5.32 Å². The monoisotopic (exact) mass is 308 g/mol. The van der Waals surface area contributed by atoms with E-state index in [-0.39, 0.29) is 22.2 Å². The maximum absolute atomic E-state index is 12.1. The van der Waals surface area contributed by atoms with Crippen molar-refractivity contribution in [3.8, 4) is 0 Å². The van der Waals surface area contributed by atoms with Crippen molar-refractivity contribution in [3.05, 3.63) is 50.7 Å². The number of benzene rings is 1. The smallest absolute Gasteiger partial charge is 0.282 e. The predicted molar refractivity (Wildman–Crippen MR) is 78.7 cm³/mol. The lowest BCUT2D eigenvalue weighted by Gasteiger charge is -2.03. The normalized spacial score (nSPS) is 10.7. The Labute approximate surface area is 125 Å². The maximum atomic E-state index is 12.1. The molecule has 21 heavy (non-hydrogen) atoms. The number of aromatic nitrogens is 2. The molecule has 2 aromatic rings. The summed E-state index contributed by atoms with van der Waals surface area (Å²) < 4.78 is 0. The van der Waals surface area contributed by atoms with Crippen LogP contribution in [0.4, 0.5) is 11.5 Å². The van der Waals surface area contributed by atoms with E-state index in [9.17, 15) is 14.9 Å². The van der Waals surface area contributed by atoms with Crippen molar-refractivity contribution in [2.24, 2.45) is 0 Å². The van der Waals surface area contributed by atoms with Crippen molar-refractivity contribution in [2.75, 3.05) is 5.32 Å². The van der Waals surface area contributed by atoms with Crippen LogP contribution in [0.5, 0.6) is 0 Å². The zero-order valence-corrected chi connectivity index (χ0v) is 12.1. The van der Waals surface area contributed by atoms with Gasteiger partial charge in [-0.3, -0.25) is 20.0 Å². The summed E-state index contributed by atoms with van der Waals surface area (Å²) in [5.41, 5.74) is 0.434. The number of nitrogens with one attached hydrogen (secondary N) is 2. The van der Waals surface area contributed by atoms with Gasteiger partial charge in [0, 0.05) is 22.8 Å². The van der Waals surface area contributed by atoms with Gasteiger partial charge in [0.1, 0.15) is 5.56 Å². The first kappa shape index (κ1) is 15.0. The van der Waals surface area contributed by atoms with Crippen LogP contribution in [-0.2, 0) is 0 Å². The minimum atomic E-state index is -0.633. The van der Waals surface area contributed by atoms with Crippen LogP contribution in [0, 0.1) is 10.1 Å². The summed E-state index contributed by atoms with van der Waals surface area (Å²) in [6.07, 6.45) is 0. The number of H-pyrrole nitrogens is 1. The third-order valence-electron chi connectivity index (χ3n) is 2.86. The number of halogens is 1. The largest absolute Gasteiger partial charge is 0.305 e. The van der Waals surface area contributed by atoms with Crippen LogP contribution in [0.2, 0.25) is 5.02 Å². The molecule has 0 spiro atoms. The van der Waals surface area contributed by atoms with Crippen molar-refractivity contribution in [1.82, 2.24) is 10.2 Å². The molecular formula is C13H13ClN4O3. The molecule has 110 valence electrons. The Balaban J connectivity index is 2.27. The molecule has 0 saturated carbocycles. The van der Waals surface area contributed by atoms with E-state index >= 15 is 0 Å². The van der Waals surface area contributed by atoms with E-state index in [0.717, 1.165) is 5.69 Å². The van der Waals surface area contributed by atoms with Crippen molar-refractivity contribution in [3.63, 3.8) is 0 Å². The highest BCUT2D eigenvalue weighted by Gasteiger charge is 2.21. The Morgan fingerprint density at radius 1 is 1.43 bits per heavy atom. The van der Waals surface area contributed by atoms with Gasteiger partial charge in [-0.1, -0.05) is 25.4 Å². The predicted octanol–water partition coefficient (Wildman–Crippen LogP) is 3.35. The fraction of sp³-hybridized carbons (Fsp3) is 0.231. The van der Waals surface area contributed by atoms with Gasteiger partial charge in [-0.2, -0.15) is 5.10 Å². The molecule has 1 amide bonds. The van der Waals surface area contributed by atoms with Gasteiger partial charge in [0.05, 0.1) is 4.92 Å². The SMILES string of the molecule is CC(C)c1cc(NC(=O)c2cc(Cl)ccc2[N+](=O)[O-])n[nH]1. The van der Waals surface area contributed by atoms with Crippen LogP contribution in [0.3, 0.4) is 0 Å². The van der Waals surface area contributed by atoms with Gasteiger partial charge in [-0.05, 0) is 18.1 Å². The second kappa shape index (κ2) is 5.92. The highest BCUT2D eigenvalue weighted by Crippen LogP contribution is 2.24. The topological polar surface area (TPSA) is 101 Å². The van der Waals surface area contributed by atoms with Gasteiger partial charge in [-0.15, -0.1) is 0 Å². The minimum Gasteiger partial charge on any atom is -0.305 e. The van der Waals surface area contributed by atoms with Gasteiger partial charge in [0.2, 0.25) is 0 Å². The summed E-state index contributed by atoms with van der Waals surface area (Å²) in [6, 6.07) is 5.49. The molecule has 0 aliphatic carbocycles. The number of nitro groups is 1. The van der Waals surface area contributed by atoms with E-state index in [1.165, 1.54) is 18.2 Å². The van der Waals surface area contributed by atoms with E-state index < -0.39 is 10.8 Å². The van der Waals surface area contributed by atoms with Crippen LogP contribution in [0.15, 0.2) is 24.3 Å². The molecule has 1 heterocycles. The average molecular weight is 309 g/mol. The van der Waals surface area contributed by atoms with Gasteiger partial charge < -0.3 is 5.32 Å². The number of amides is 1. The molecule has 1 aromatic heterocycles. The van der Waals surface area contributed by atoms with Crippen molar-refractivity contribution in [2.45, 2.75) is 19.8 Å². The first-order valence-corrected chi connectivity index (χ1v) is 6.57. The van der Waals surface area contributed by atoms with Crippen LogP contribution >= 0.6 is 11.6 Å². The second-order valence-electron chi connectivity index (χ2n) is 4.74. The van der Waals surface area contributed by atoms with Crippen LogP contribution in [-0.4, -0.2) is 21.0 Å². The molecular weight excluding hydrogens is 296 g/mol. The van der Waals surface area contributed by atoms with E-state index in [0.29, 0.717) is 5.82 Å². The Bertz CT molecular complexity index is 696. The zero-order valence-electron chi connectivity index (χ0n) is 11.4. The third-order valence-corrected chi connectivity index (χ3v) is 3.10. The number of carbonyl (C=O) groups is 1. The van der Waals surface area contributed by atoms with E-state index in [2.05, 4.69) is 15.5 Å². The van der Waals surface area contributed by atoms with Crippen LogP contribution in [0.25, 0.3) is 0 Å². The number of carbonyl (C=O) groups excluding carboxylic acids is 1. The molecule has 0 aliphatic heterocycles. The molecule has 0 bridgehead atoms. The summed E-state index contributed by atoms with van der Waals surface area (Å²) in [5, 5.41) is 20.4. The summed E-state index contributed by atoms with van der Waals surface area (Å²) in [5.74, 6) is -0.104. The fourth-order valence-electron chi connectivity index (χ4n) is 1.73. The van der Waals surface area contributed by atoms with Crippen molar-refractivity contribution >= 4 is 29.0 Å². The lowest BCUT2D eigenvalue weighted by Crippen LogP contribution is -2.14. The second-order valence-corrected chi connectivity index (χ2v) is 5.17. The Morgan fingerprint density at radius 2 is 2.14 bits per heavy atom. The van der Waals surface area contributed by atoms with Gasteiger partial charge in [0.15, 0.2) is 5.82 Å². The summed E-state index contributed by atoms with van der Waals surface area (Å²) in [4.78, 5) is 22.5. The lowest BCUT2D eigenvalue weighted by molar-refractivity contribution is -0.385. The number of nitro benzene ring substituents is 1. The molecule has 0 saturated heterocycles. The molecule has 0 aliphatic rings. The van der Waals surface area contributed by atoms with Crippen molar-refractivity contribution in [1.29, 1.82) is 0 Å². The third kappa shape index (κ3) is 3.38. The van der Waals surface area contributed by atoms with Crippen LogP contribution in [0.1, 0.15) is 35.8 Å². The number of aromatic amines is 1. The molecule has 0 fully saturated rings. The molecule has 0 unspecified atom stereocenters. The Morgan fingerprint density at radius 3 is 2.71 bits per heavy atom. The highest BCUT2D eigenvalue weighted by atomic mass is 35.5. The minimum absolute atomic E-state index is 0.110. The first-order valence-electron chi connectivity index (χ1n) is 6.19. The molecule has 0 atom stereocenters. The fourth-order valence-corrected chi connectivity index (χ4v) is 1.90. The van der Waals surface area contributed by atoms with E-state index in [1.807, 2.05) is 13.8 Å². The van der Waals surface area contributed by atoms with Gasteiger partial charge in [0.25, 0.3) is 11.6 Å². The quantitative estimate of drug-likeness (QED) is 0.668. The van der Waals surface area contributed by atoms with Crippen molar-refractivity contribution < 1.29 is 9.72 Å². The summed E-state index contributed by atoms with van der Waals surface area (Å²) >= 11 is 5.79. The molecule has 8 heteroatoms. The van der Waals surface area contributed by atoms with Gasteiger partial charge in [-0.25, -0.2) is 0 Å².